The van der Waals surface area contributed by atoms with Gasteiger partial charge in [-0.25, -0.2) is 0 Å². The zero-order chi connectivity index (χ0) is 18.7. The zero-order valence-electron chi connectivity index (χ0n) is 15.6. The van der Waals surface area contributed by atoms with Gasteiger partial charge in [-0.2, -0.15) is 10.2 Å². The van der Waals surface area contributed by atoms with Crippen LogP contribution in [0.3, 0.4) is 0 Å². The molecule has 2 aromatic heterocycles. The summed E-state index contributed by atoms with van der Waals surface area (Å²) in [6.45, 7) is 7.50. The summed E-state index contributed by atoms with van der Waals surface area (Å²) >= 11 is 5.43. The van der Waals surface area contributed by atoms with Crippen LogP contribution in [0.5, 0.6) is 0 Å². The number of nitrogens with zero attached hydrogens (tertiary/aromatic N) is 4. The van der Waals surface area contributed by atoms with E-state index in [1.807, 2.05) is 30.9 Å². The molecule has 0 fully saturated rings. The van der Waals surface area contributed by atoms with Crippen LogP contribution in [0.25, 0.3) is 0 Å². The van der Waals surface area contributed by atoms with Crippen molar-refractivity contribution in [3.63, 3.8) is 0 Å². The standard InChI is InChI=1S/C19H24N6S/c1-13-7-5-6-8-16(13)12-25-15(3)18(14(2)22-25)21-19(26)20-11-17-9-10-24(4)23-17/h5-10H,11-12H2,1-4H3,(H2,20,21,26). The molecule has 0 aliphatic heterocycles. The monoisotopic (exact) mass is 368 g/mol. The van der Waals surface area contributed by atoms with Crippen LogP contribution < -0.4 is 10.6 Å². The molecule has 0 saturated carbocycles. The van der Waals surface area contributed by atoms with Crippen LogP contribution in [0.15, 0.2) is 36.5 Å². The Morgan fingerprint density at radius 3 is 2.58 bits per heavy atom. The van der Waals surface area contributed by atoms with Crippen LogP contribution in [0.2, 0.25) is 0 Å². The molecule has 6 nitrogen and oxygen atoms in total. The number of anilines is 1. The van der Waals surface area contributed by atoms with Gasteiger partial charge in [0.2, 0.25) is 0 Å². The quantitative estimate of drug-likeness (QED) is 0.678. The topological polar surface area (TPSA) is 59.7 Å². The molecule has 2 heterocycles. The van der Waals surface area contributed by atoms with Crippen molar-refractivity contribution < 1.29 is 0 Å². The predicted octanol–water partition coefficient (Wildman–Crippen LogP) is 3.08. The van der Waals surface area contributed by atoms with Gasteiger partial charge in [-0.05, 0) is 50.2 Å². The van der Waals surface area contributed by atoms with Crippen LogP contribution in [0, 0.1) is 20.8 Å². The van der Waals surface area contributed by atoms with Crippen LogP contribution in [-0.4, -0.2) is 24.7 Å². The summed E-state index contributed by atoms with van der Waals surface area (Å²) in [4.78, 5) is 0. The van der Waals surface area contributed by atoms with E-state index in [0.717, 1.165) is 29.3 Å². The van der Waals surface area contributed by atoms with Crippen molar-refractivity contribution in [2.45, 2.75) is 33.9 Å². The highest BCUT2D eigenvalue weighted by atomic mass is 32.1. The molecule has 0 aliphatic carbocycles. The molecule has 0 spiro atoms. The molecular formula is C19H24N6S. The van der Waals surface area contributed by atoms with E-state index in [0.29, 0.717) is 11.7 Å². The molecule has 0 saturated heterocycles. The molecule has 136 valence electrons. The third-order valence-corrected chi connectivity index (χ3v) is 4.65. The smallest absolute Gasteiger partial charge is 0.171 e. The van der Waals surface area contributed by atoms with Crippen LogP contribution in [0.4, 0.5) is 5.69 Å². The van der Waals surface area contributed by atoms with Gasteiger partial charge >= 0.3 is 0 Å². The Bertz CT molecular complexity index is 924. The van der Waals surface area contributed by atoms with E-state index in [1.165, 1.54) is 11.1 Å². The second kappa shape index (κ2) is 7.70. The van der Waals surface area contributed by atoms with Crippen molar-refractivity contribution in [2.24, 2.45) is 7.05 Å². The lowest BCUT2D eigenvalue weighted by Crippen LogP contribution is -2.28. The highest BCUT2D eigenvalue weighted by molar-refractivity contribution is 7.80. The van der Waals surface area contributed by atoms with Gasteiger partial charge in [-0.3, -0.25) is 9.36 Å². The van der Waals surface area contributed by atoms with Crippen molar-refractivity contribution in [3.8, 4) is 0 Å². The minimum Gasteiger partial charge on any atom is -0.357 e. The van der Waals surface area contributed by atoms with Gasteiger partial charge in [-0.15, -0.1) is 0 Å². The Morgan fingerprint density at radius 2 is 1.88 bits per heavy atom. The number of benzene rings is 1. The lowest BCUT2D eigenvalue weighted by atomic mass is 10.1. The maximum atomic E-state index is 5.43. The second-order valence-electron chi connectivity index (χ2n) is 6.42. The summed E-state index contributed by atoms with van der Waals surface area (Å²) in [7, 11) is 1.90. The number of rotatable bonds is 5. The van der Waals surface area contributed by atoms with E-state index >= 15 is 0 Å². The Labute approximate surface area is 159 Å². The summed E-state index contributed by atoms with van der Waals surface area (Å²) in [6, 6.07) is 10.3. The number of thiocarbonyl (C=S) groups is 1. The molecular weight excluding hydrogens is 344 g/mol. The lowest BCUT2D eigenvalue weighted by molar-refractivity contribution is 0.657. The van der Waals surface area contributed by atoms with E-state index in [-0.39, 0.29) is 0 Å². The maximum Gasteiger partial charge on any atom is 0.171 e. The molecule has 7 heteroatoms. The lowest BCUT2D eigenvalue weighted by Gasteiger charge is -2.11. The third-order valence-electron chi connectivity index (χ3n) is 4.40. The molecule has 0 aliphatic rings. The molecule has 0 atom stereocenters. The fourth-order valence-electron chi connectivity index (χ4n) is 2.87. The second-order valence-corrected chi connectivity index (χ2v) is 6.83. The molecule has 2 N–H and O–H groups in total. The minimum atomic E-state index is 0.567. The molecule has 3 rings (SSSR count). The van der Waals surface area contributed by atoms with Crippen molar-refractivity contribution in [2.75, 3.05) is 5.32 Å². The molecule has 26 heavy (non-hydrogen) atoms. The fraction of sp³-hybridized carbons (Fsp3) is 0.316. The molecule has 0 bridgehead atoms. The van der Waals surface area contributed by atoms with E-state index in [1.54, 1.807) is 4.68 Å². The summed E-state index contributed by atoms with van der Waals surface area (Å²) in [5.41, 5.74) is 6.42. The first-order valence-electron chi connectivity index (χ1n) is 8.56. The number of hydrogen-bond acceptors (Lipinski definition) is 3. The minimum absolute atomic E-state index is 0.567. The van der Waals surface area contributed by atoms with Crippen molar-refractivity contribution in [3.05, 3.63) is 64.7 Å². The van der Waals surface area contributed by atoms with E-state index in [2.05, 4.69) is 58.9 Å². The van der Waals surface area contributed by atoms with Crippen LogP contribution in [0.1, 0.15) is 28.2 Å². The van der Waals surface area contributed by atoms with Gasteiger partial charge in [0, 0.05) is 13.2 Å². The highest BCUT2D eigenvalue weighted by Gasteiger charge is 2.13. The first-order valence-corrected chi connectivity index (χ1v) is 8.96. The van der Waals surface area contributed by atoms with Crippen molar-refractivity contribution in [1.29, 1.82) is 0 Å². The Kier molecular flexibility index (Phi) is 5.37. The molecule has 3 aromatic rings. The Balaban J connectivity index is 1.67. The van der Waals surface area contributed by atoms with Gasteiger partial charge in [0.15, 0.2) is 5.11 Å². The summed E-state index contributed by atoms with van der Waals surface area (Å²) in [5.74, 6) is 0. The van der Waals surface area contributed by atoms with Gasteiger partial charge in [0.25, 0.3) is 0 Å². The normalized spacial score (nSPS) is 10.8. The predicted molar refractivity (Wildman–Crippen MR) is 108 cm³/mol. The average Bonchev–Trinajstić information content (AvgIpc) is 3.13. The van der Waals surface area contributed by atoms with Crippen LogP contribution >= 0.6 is 12.2 Å². The molecule has 0 amide bonds. The van der Waals surface area contributed by atoms with Crippen LogP contribution in [-0.2, 0) is 20.1 Å². The Hall–Kier alpha value is -2.67. The van der Waals surface area contributed by atoms with Gasteiger partial charge in [-0.1, -0.05) is 24.3 Å². The largest absolute Gasteiger partial charge is 0.357 e. The SMILES string of the molecule is Cc1ccccc1Cn1nc(C)c(NC(=S)NCc2ccn(C)n2)c1C. The number of hydrogen-bond donors (Lipinski definition) is 2. The van der Waals surface area contributed by atoms with Gasteiger partial charge in [0.1, 0.15) is 0 Å². The summed E-state index contributed by atoms with van der Waals surface area (Å²) < 4.78 is 3.79. The molecule has 0 radical (unpaired) electrons. The zero-order valence-corrected chi connectivity index (χ0v) is 16.4. The highest BCUT2D eigenvalue weighted by Crippen LogP contribution is 2.21. The maximum absolute atomic E-state index is 5.43. The Morgan fingerprint density at radius 1 is 1.12 bits per heavy atom. The van der Waals surface area contributed by atoms with Crippen molar-refractivity contribution >= 4 is 23.0 Å². The van der Waals surface area contributed by atoms with Gasteiger partial charge in [0.05, 0.1) is 35.9 Å². The van der Waals surface area contributed by atoms with Gasteiger partial charge < -0.3 is 10.6 Å². The third kappa shape index (κ3) is 4.11. The van der Waals surface area contributed by atoms with E-state index in [4.69, 9.17) is 12.2 Å². The first kappa shape index (κ1) is 18.1. The fourth-order valence-corrected chi connectivity index (χ4v) is 3.04. The first-order chi connectivity index (χ1) is 12.4. The number of nitrogens with one attached hydrogen (secondary N) is 2. The molecule has 0 unspecified atom stereocenters. The summed E-state index contributed by atoms with van der Waals surface area (Å²) in [6.07, 6.45) is 1.91. The van der Waals surface area contributed by atoms with E-state index in [9.17, 15) is 0 Å². The molecule has 1 aromatic carbocycles. The summed E-state index contributed by atoms with van der Waals surface area (Å²) in [5, 5.41) is 16.0. The average molecular weight is 369 g/mol. The number of aromatic nitrogens is 4. The van der Waals surface area contributed by atoms with Crippen molar-refractivity contribution in [1.82, 2.24) is 24.9 Å². The number of aryl methyl sites for hydroxylation is 3. The van der Waals surface area contributed by atoms with E-state index < -0.39 is 0 Å².